The molecule has 198 valence electrons. The fourth-order valence-corrected chi connectivity index (χ4v) is 5.49. The number of methoxy groups -OCH3 is 1. The number of rotatable bonds is 7. The van der Waals surface area contributed by atoms with Gasteiger partial charge in [0, 0.05) is 74.7 Å². The van der Waals surface area contributed by atoms with E-state index >= 15 is 0 Å². The summed E-state index contributed by atoms with van der Waals surface area (Å²) >= 11 is 0. The van der Waals surface area contributed by atoms with Crippen LogP contribution in [0.3, 0.4) is 0 Å². The van der Waals surface area contributed by atoms with E-state index in [1.165, 1.54) is 5.56 Å². The smallest absolute Gasteiger partial charge is 0.323 e. The molecule has 5 heterocycles. The molecule has 3 aliphatic rings. The molecular weight excluding hydrogens is 482 g/mol. The Hall–Kier alpha value is -3.60. The zero-order valence-electron chi connectivity index (χ0n) is 21.6. The third kappa shape index (κ3) is 5.47. The summed E-state index contributed by atoms with van der Waals surface area (Å²) in [5, 5.41) is 5.67. The van der Waals surface area contributed by atoms with Crippen LogP contribution in [0.4, 0.5) is 22.0 Å². The highest BCUT2D eigenvalue weighted by atomic mass is 16.5. The molecule has 2 fully saturated rings. The molecule has 6 rings (SSSR count). The van der Waals surface area contributed by atoms with Gasteiger partial charge in [-0.15, -0.1) is 0 Å². The predicted octanol–water partition coefficient (Wildman–Crippen LogP) is 3.55. The number of ether oxygens (including phenoxy) is 2. The average Bonchev–Trinajstić information content (AvgIpc) is 3.29. The Morgan fingerprint density at radius 3 is 2.45 bits per heavy atom. The average molecular weight is 516 g/mol. The molecule has 1 aromatic carbocycles. The number of fused-ring (bicyclic) bond motifs is 3. The zero-order valence-corrected chi connectivity index (χ0v) is 21.6. The highest BCUT2D eigenvalue weighted by molar-refractivity contribution is 5.99. The number of nitrogens with zero attached hydrogens (tertiary/aromatic N) is 5. The van der Waals surface area contributed by atoms with Gasteiger partial charge in [-0.1, -0.05) is 0 Å². The fourth-order valence-electron chi connectivity index (χ4n) is 5.49. The van der Waals surface area contributed by atoms with Crippen molar-refractivity contribution < 1.29 is 14.3 Å². The van der Waals surface area contributed by atoms with Crippen molar-refractivity contribution in [1.82, 2.24) is 19.9 Å². The van der Waals surface area contributed by atoms with Gasteiger partial charge < -0.3 is 25.0 Å². The van der Waals surface area contributed by atoms with Gasteiger partial charge in [-0.25, -0.2) is 14.8 Å². The fraction of sp³-hybridized carbons (Fsp3) is 0.429. The van der Waals surface area contributed by atoms with Gasteiger partial charge in [-0.05, 0) is 55.7 Å². The number of hydrogen-bond donors (Lipinski definition) is 2. The molecule has 0 saturated carbocycles. The van der Waals surface area contributed by atoms with E-state index in [2.05, 4.69) is 25.4 Å². The predicted molar refractivity (Wildman–Crippen MR) is 145 cm³/mol. The van der Waals surface area contributed by atoms with Crippen LogP contribution < -0.4 is 15.5 Å². The van der Waals surface area contributed by atoms with E-state index in [1.54, 1.807) is 31.6 Å². The molecule has 2 bridgehead atoms. The standard InChI is InChI=1S/C28H33N7O3/c1-37-15-14-34-13-10-24-25(18-34)32-26(33-27(24)35-16-22-6-7-23(17-35)38-22)19-2-4-20(5-3-19)30-28(36)31-21-8-11-29-12-9-21/h2-5,8-9,11-12,22-23H,6-7,10,13-18H2,1H3,(H2,29,30,31,36). The van der Waals surface area contributed by atoms with Crippen LogP contribution in [0, 0.1) is 0 Å². The van der Waals surface area contributed by atoms with Gasteiger partial charge in [0.2, 0.25) is 0 Å². The molecule has 0 radical (unpaired) electrons. The molecule has 2 N–H and O–H groups in total. The number of carbonyl (C=O) groups excluding carboxylic acids is 1. The Bertz CT molecular complexity index is 1260. The Morgan fingerprint density at radius 1 is 1.03 bits per heavy atom. The van der Waals surface area contributed by atoms with Crippen LogP contribution in [0.15, 0.2) is 48.8 Å². The minimum absolute atomic E-state index is 0.285. The van der Waals surface area contributed by atoms with Crippen molar-refractivity contribution in [1.29, 1.82) is 0 Å². The summed E-state index contributed by atoms with van der Waals surface area (Å²) in [6.45, 7) is 5.10. The number of benzene rings is 1. The number of anilines is 3. The zero-order chi connectivity index (χ0) is 25.9. The number of urea groups is 1. The first-order valence-corrected chi connectivity index (χ1v) is 13.2. The summed E-state index contributed by atoms with van der Waals surface area (Å²) in [4.78, 5) is 31.3. The summed E-state index contributed by atoms with van der Waals surface area (Å²) in [5.74, 6) is 1.76. The van der Waals surface area contributed by atoms with E-state index in [0.29, 0.717) is 23.8 Å². The largest absolute Gasteiger partial charge is 0.383 e. The van der Waals surface area contributed by atoms with Gasteiger partial charge in [-0.2, -0.15) is 0 Å². The lowest BCUT2D eigenvalue weighted by Crippen LogP contribution is -2.44. The van der Waals surface area contributed by atoms with E-state index in [0.717, 1.165) is 69.1 Å². The molecule has 2 saturated heterocycles. The number of amides is 2. The quantitative estimate of drug-likeness (QED) is 0.492. The normalized spacial score (nSPS) is 20.7. The molecule has 0 spiro atoms. The second kappa shape index (κ2) is 11.0. The van der Waals surface area contributed by atoms with Crippen LogP contribution in [0.25, 0.3) is 11.4 Å². The van der Waals surface area contributed by atoms with Gasteiger partial charge in [0.25, 0.3) is 0 Å². The molecule has 0 aliphatic carbocycles. The van der Waals surface area contributed by atoms with E-state index in [-0.39, 0.29) is 18.2 Å². The molecule has 2 atom stereocenters. The summed E-state index contributed by atoms with van der Waals surface area (Å²) < 4.78 is 11.4. The Balaban J connectivity index is 1.24. The van der Waals surface area contributed by atoms with Gasteiger partial charge >= 0.3 is 6.03 Å². The number of carbonyl (C=O) groups is 1. The van der Waals surface area contributed by atoms with Crippen molar-refractivity contribution >= 4 is 23.2 Å². The summed E-state index contributed by atoms with van der Waals surface area (Å²) in [5.41, 5.74) is 4.63. The Labute approximate surface area is 222 Å². The van der Waals surface area contributed by atoms with Crippen LogP contribution in [-0.2, 0) is 22.4 Å². The Kier molecular flexibility index (Phi) is 7.17. The number of nitrogens with one attached hydrogen (secondary N) is 2. The number of hydrogen-bond acceptors (Lipinski definition) is 8. The monoisotopic (exact) mass is 515 g/mol. The number of pyridine rings is 1. The molecule has 10 nitrogen and oxygen atoms in total. The third-order valence-corrected chi connectivity index (χ3v) is 7.42. The van der Waals surface area contributed by atoms with Crippen molar-refractivity contribution in [3.05, 3.63) is 60.0 Å². The van der Waals surface area contributed by atoms with Gasteiger partial charge in [0.15, 0.2) is 5.82 Å². The van der Waals surface area contributed by atoms with Crippen LogP contribution >= 0.6 is 0 Å². The van der Waals surface area contributed by atoms with Gasteiger partial charge in [0.1, 0.15) is 5.82 Å². The van der Waals surface area contributed by atoms with Crippen LogP contribution in [0.2, 0.25) is 0 Å². The molecule has 10 heteroatoms. The summed E-state index contributed by atoms with van der Waals surface area (Å²) in [6, 6.07) is 10.8. The van der Waals surface area contributed by atoms with Crippen molar-refractivity contribution in [2.45, 2.75) is 38.0 Å². The minimum Gasteiger partial charge on any atom is -0.383 e. The molecule has 2 amide bonds. The van der Waals surface area contributed by atoms with E-state index in [9.17, 15) is 4.79 Å². The van der Waals surface area contributed by atoms with Crippen LogP contribution in [-0.4, -0.2) is 78.0 Å². The van der Waals surface area contributed by atoms with Crippen molar-refractivity contribution in [3.63, 3.8) is 0 Å². The first kappa shape index (κ1) is 24.7. The first-order valence-electron chi connectivity index (χ1n) is 13.2. The molecule has 2 aromatic heterocycles. The molecule has 3 aliphatic heterocycles. The second-order valence-corrected chi connectivity index (χ2v) is 10.1. The molecule has 2 unspecified atom stereocenters. The molecule has 3 aromatic rings. The van der Waals surface area contributed by atoms with Crippen LogP contribution in [0.5, 0.6) is 0 Å². The lowest BCUT2D eigenvalue weighted by Gasteiger charge is -2.36. The highest BCUT2D eigenvalue weighted by Gasteiger charge is 2.36. The molecular formula is C28H33N7O3. The van der Waals surface area contributed by atoms with Gasteiger partial charge in [0.05, 0.1) is 24.5 Å². The van der Waals surface area contributed by atoms with E-state index < -0.39 is 0 Å². The van der Waals surface area contributed by atoms with Crippen molar-refractivity contribution in [3.8, 4) is 11.4 Å². The maximum atomic E-state index is 12.4. The molecule has 38 heavy (non-hydrogen) atoms. The maximum Gasteiger partial charge on any atom is 0.323 e. The topological polar surface area (TPSA) is 105 Å². The minimum atomic E-state index is -0.311. The second-order valence-electron chi connectivity index (χ2n) is 10.1. The lowest BCUT2D eigenvalue weighted by atomic mass is 10.0. The van der Waals surface area contributed by atoms with Crippen molar-refractivity contribution in [2.24, 2.45) is 0 Å². The van der Waals surface area contributed by atoms with Crippen molar-refractivity contribution in [2.75, 3.05) is 55.4 Å². The Morgan fingerprint density at radius 2 is 1.74 bits per heavy atom. The highest BCUT2D eigenvalue weighted by Crippen LogP contribution is 2.34. The maximum absolute atomic E-state index is 12.4. The lowest BCUT2D eigenvalue weighted by molar-refractivity contribution is 0.0301. The number of morpholine rings is 1. The van der Waals surface area contributed by atoms with Gasteiger partial charge in [-0.3, -0.25) is 9.88 Å². The summed E-state index contributed by atoms with van der Waals surface area (Å²) in [6.07, 6.45) is 7.01. The number of aromatic nitrogens is 3. The third-order valence-electron chi connectivity index (χ3n) is 7.42. The first-order chi connectivity index (χ1) is 18.6. The van der Waals surface area contributed by atoms with E-state index in [1.807, 2.05) is 24.3 Å². The SMILES string of the molecule is COCCN1CCc2c(nc(-c3ccc(NC(=O)Nc4ccncc4)cc3)nc2N2CC3CCC(C2)O3)C1. The van der Waals surface area contributed by atoms with Crippen LogP contribution in [0.1, 0.15) is 24.1 Å². The van der Waals surface area contributed by atoms with E-state index in [4.69, 9.17) is 19.4 Å². The summed E-state index contributed by atoms with van der Waals surface area (Å²) in [7, 11) is 1.74.